The number of esters is 1. The van der Waals surface area contributed by atoms with Gasteiger partial charge in [-0.15, -0.1) is 0 Å². The molecule has 0 aliphatic carbocycles. The van der Waals surface area contributed by atoms with Crippen molar-refractivity contribution in [2.24, 2.45) is 0 Å². The summed E-state index contributed by atoms with van der Waals surface area (Å²) in [5.74, 6) is -0.565. The summed E-state index contributed by atoms with van der Waals surface area (Å²) >= 11 is 0. The minimum atomic E-state index is -3.71. The summed E-state index contributed by atoms with van der Waals surface area (Å²) in [6.07, 6.45) is 1.69. The van der Waals surface area contributed by atoms with Crippen LogP contribution in [-0.4, -0.2) is 33.6 Å². The first-order valence-corrected chi connectivity index (χ1v) is 9.95. The Morgan fingerprint density at radius 3 is 2.69 bits per heavy atom. The SMILES string of the molecule is O=C(OCc1ccccc1)c1cccc(S(=O)(=O)NC[C@@H]2CCCO2)c1. The second kappa shape index (κ2) is 8.44. The summed E-state index contributed by atoms with van der Waals surface area (Å²) in [4.78, 5) is 12.2. The molecular weight excluding hydrogens is 354 g/mol. The maximum absolute atomic E-state index is 12.4. The predicted octanol–water partition coefficient (Wildman–Crippen LogP) is 2.50. The van der Waals surface area contributed by atoms with Crippen molar-refractivity contribution < 1.29 is 22.7 Å². The normalized spacial score (nSPS) is 17.2. The van der Waals surface area contributed by atoms with Gasteiger partial charge < -0.3 is 9.47 Å². The highest BCUT2D eigenvalue weighted by Crippen LogP contribution is 2.15. The van der Waals surface area contributed by atoms with Gasteiger partial charge in [0.1, 0.15) is 6.61 Å². The first-order valence-electron chi connectivity index (χ1n) is 8.47. The van der Waals surface area contributed by atoms with Gasteiger partial charge in [-0.3, -0.25) is 0 Å². The number of hydrogen-bond donors (Lipinski definition) is 1. The van der Waals surface area contributed by atoms with Crippen LogP contribution in [0.15, 0.2) is 59.5 Å². The van der Waals surface area contributed by atoms with Crippen molar-refractivity contribution in [3.8, 4) is 0 Å². The highest BCUT2D eigenvalue weighted by molar-refractivity contribution is 7.89. The fourth-order valence-corrected chi connectivity index (χ4v) is 3.80. The van der Waals surface area contributed by atoms with Gasteiger partial charge in [0.25, 0.3) is 0 Å². The number of benzene rings is 2. The van der Waals surface area contributed by atoms with Crippen molar-refractivity contribution in [3.05, 3.63) is 65.7 Å². The number of rotatable bonds is 7. The molecule has 2 aromatic carbocycles. The van der Waals surface area contributed by atoms with Crippen LogP contribution in [-0.2, 0) is 26.1 Å². The lowest BCUT2D eigenvalue weighted by molar-refractivity contribution is 0.0472. The zero-order valence-corrected chi connectivity index (χ0v) is 15.1. The lowest BCUT2D eigenvalue weighted by Gasteiger charge is -2.12. The maximum Gasteiger partial charge on any atom is 0.338 e. The monoisotopic (exact) mass is 375 g/mol. The third-order valence-electron chi connectivity index (χ3n) is 4.12. The zero-order valence-electron chi connectivity index (χ0n) is 14.3. The third kappa shape index (κ3) is 4.91. The van der Waals surface area contributed by atoms with Crippen LogP contribution in [0.3, 0.4) is 0 Å². The largest absolute Gasteiger partial charge is 0.457 e. The molecule has 0 spiro atoms. The molecule has 138 valence electrons. The molecule has 3 rings (SSSR count). The number of carbonyl (C=O) groups excluding carboxylic acids is 1. The van der Waals surface area contributed by atoms with Gasteiger partial charge in [0.15, 0.2) is 0 Å². The summed E-state index contributed by atoms with van der Waals surface area (Å²) in [7, 11) is -3.71. The van der Waals surface area contributed by atoms with Gasteiger partial charge in [0, 0.05) is 13.2 Å². The van der Waals surface area contributed by atoms with Gasteiger partial charge >= 0.3 is 5.97 Å². The molecule has 1 aliphatic heterocycles. The van der Waals surface area contributed by atoms with E-state index in [9.17, 15) is 13.2 Å². The van der Waals surface area contributed by atoms with Crippen molar-refractivity contribution in [1.82, 2.24) is 4.72 Å². The topological polar surface area (TPSA) is 81.7 Å². The van der Waals surface area contributed by atoms with Gasteiger partial charge in [-0.1, -0.05) is 36.4 Å². The fraction of sp³-hybridized carbons (Fsp3) is 0.316. The molecule has 1 heterocycles. The van der Waals surface area contributed by atoms with Crippen molar-refractivity contribution >= 4 is 16.0 Å². The average molecular weight is 375 g/mol. The van der Waals surface area contributed by atoms with Crippen LogP contribution in [0, 0.1) is 0 Å². The maximum atomic E-state index is 12.4. The first-order chi connectivity index (χ1) is 12.5. The highest BCUT2D eigenvalue weighted by atomic mass is 32.2. The molecule has 0 bridgehead atoms. The van der Waals surface area contributed by atoms with E-state index in [0.29, 0.717) is 6.61 Å². The van der Waals surface area contributed by atoms with E-state index >= 15 is 0 Å². The molecule has 7 heteroatoms. The van der Waals surface area contributed by atoms with E-state index in [4.69, 9.17) is 9.47 Å². The summed E-state index contributed by atoms with van der Waals surface area (Å²) in [5, 5.41) is 0. The molecule has 1 aliphatic rings. The van der Waals surface area contributed by atoms with Crippen LogP contribution in [0.4, 0.5) is 0 Å². The number of carbonyl (C=O) groups is 1. The standard InChI is InChI=1S/C19H21NO5S/c21-19(25-14-15-6-2-1-3-7-15)16-8-4-10-18(12-16)26(22,23)20-13-17-9-5-11-24-17/h1-4,6-8,10,12,17,20H,5,9,11,13-14H2/t17-/m0/s1. The minimum absolute atomic E-state index is 0.0321. The Morgan fingerprint density at radius 2 is 1.96 bits per heavy atom. The Kier molecular flexibility index (Phi) is 6.03. The quantitative estimate of drug-likeness (QED) is 0.752. The van der Waals surface area contributed by atoms with Crippen LogP contribution >= 0.6 is 0 Å². The Labute approximate surface area is 153 Å². The molecule has 0 amide bonds. The summed E-state index contributed by atoms with van der Waals surface area (Å²) in [6, 6.07) is 15.1. The number of sulfonamides is 1. The molecule has 1 atom stereocenters. The van der Waals surface area contributed by atoms with Crippen LogP contribution in [0.1, 0.15) is 28.8 Å². The van der Waals surface area contributed by atoms with Crippen LogP contribution in [0.25, 0.3) is 0 Å². The van der Waals surface area contributed by atoms with E-state index in [1.807, 2.05) is 30.3 Å². The van der Waals surface area contributed by atoms with E-state index in [1.54, 1.807) is 0 Å². The van der Waals surface area contributed by atoms with E-state index < -0.39 is 16.0 Å². The van der Waals surface area contributed by atoms with Gasteiger partial charge in [-0.05, 0) is 36.6 Å². The van der Waals surface area contributed by atoms with Crippen LogP contribution < -0.4 is 4.72 Å². The second-order valence-electron chi connectivity index (χ2n) is 6.08. The minimum Gasteiger partial charge on any atom is -0.457 e. The third-order valence-corrected chi connectivity index (χ3v) is 5.54. The van der Waals surface area contributed by atoms with E-state index in [0.717, 1.165) is 18.4 Å². The van der Waals surface area contributed by atoms with Crippen molar-refractivity contribution in [2.75, 3.05) is 13.2 Å². The molecule has 1 N–H and O–H groups in total. The highest BCUT2D eigenvalue weighted by Gasteiger charge is 2.21. The molecule has 0 radical (unpaired) electrons. The molecule has 26 heavy (non-hydrogen) atoms. The lowest BCUT2D eigenvalue weighted by atomic mass is 10.2. The smallest absolute Gasteiger partial charge is 0.338 e. The molecule has 0 unspecified atom stereocenters. The van der Waals surface area contributed by atoms with Crippen molar-refractivity contribution in [3.63, 3.8) is 0 Å². The predicted molar refractivity (Wildman–Crippen MR) is 96.2 cm³/mol. The average Bonchev–Trinajstić information content (AvgIpc) is 3.19. The Balaban J connectivity index is 1.63. The number of hydrogen-bond acceptors (Lipinski definition) is 5. The van der Waals surface area contributed by atoms with Gasteiger partial charge in [0.05, 0.1) is 16.6 Å². The molecular formula is C19H21NO5S. The Bertz CT molecular complexity index is 845. The van der Waals surface area contributed by atoms with Crippen LogP contribution in [0.2, 0.25) is 0 Å². The van der Waals surface area contributed by atoms with Gasteiger partial charge in [-0.25, -0.2) is 17.9 Å². The summed E-state index contributed by atoms with van der Waals surface area (Å²) in [5.41, 5.74) is 1.06. The number of nitrogens with one attached hydrogen (secondary N) is 1. The first kappa shape index (κ1) is 18.6. The van der Waals surface area contributed by atoms with Gasteiger partial charge in [-0.2, -0.15) is 0 Å². The summed E-state index contributed by atoms with van der Waals surface area (Å²) < 4.78 is 38.1. The second-order valence-corrected chi connectivity index (χ2v) is 7.84. The molecule has 1 fully saturated rings. The summed E-state index contributed by atoms with van der Waals surface area (Å²) in [6.45, 7) is 1.02. The molecule has 0 aromatic heterocycles. The zero-order chi connectivity index (χ0) is 18.4. The Hall–Kier alpha value is -2.22. The van der Waals surface area contributed by atoms with E-state index in [-0.39, 0.29) is 29.7 Å². The van der Waals surface area contributed by atoms with Crippen molar-refractivity contribution in [1.29, 1.82) is 0 Å². The number of ether oxygens (including phenoxy) is 2. The van der Waals surface area contributed by atoms with E-state index in [2.05, 4.69) is 4.72 Å². The van der Waals surface area contributed by atoms with Crippen molar-refractivity contribution in [2.45, 2.75) is 30.4 Å². The Morgan fingerprint density at radius 1 is 1.15 bits per heavy atom. The molecule has 6 nitrogen and oxygen atoms in total. The fourth-order valence-electron chi connectivity index (χ4n) is 2.69. The molecule has 2 aromatic rings. The van der Waals surface area contributed by atoms with Gasteiger partial charge in [0.2, 0.25) is 10.0 Å². The van der Waals surface area contributed by atoms with E-state index in [1.165, 1.54) is 24.3 Å². The molecule has 1 saturated heterocycles. The molecule has 0 saturated carbocycles. The van der Waals surface area contributed by atoms with Crippen LogP contribution in [0.5, 0.6) is 0 Å². The lowest BCUT2D eigenvalue weighted by Crippen LogP contribution is -2.31.